The van der Waals surface area contributed by atoms with Crippen molar-refractivity contribution in [2.24, 2.45) is 17.4 Å². The lowest BCUT2D eigenvalue weighted by molar-refractivity contribution is 0.197. The van der Waals surface area contributed by atoms with E-state index in [4.69, 9.17) is 11.5 Å². The second-order valence-corrected chi connectivity index (χ2v) is 5.06. The maximum absolute atomic E-state index is 6.47. The second-order valence-electron chi connectivity index (χ2n) is 5.06. The van der Waals surface area contributed by atoms with Crippen molar-refractivity contribution < 1.29 is 0 Å². The fourth-order valence-electron chi connectivity index (χ4n) is 3.16. The van der Waals surface area contributed by atoms with E-state index in [9.17, 15) is 0 Å². The van der Waals surface area contributed by atoms with Crippen molar-refractivity contribution >= 4 is 0 Å². The van der Waals surface area contributed by atoms with E-state index in [0.29, 0.717) is 6.04 Å². The van der Waals surface area contributed by atoms with E-state index < -0.39 is 0 Å². The number of rotatable bonds is 1. The topological polar surface area (TPSA) is 52.0 Å². The number of hydrogen-bond acceptors (Lipinski definition) is 2. The van der Waals surface area contributed by atoms with Crippen molar-refractivity contribution in [3.8, 4) is 0 Å². The molecule has 0 bridgehead atoms. The van der Waals surface area contributed by atoms with Gasteiger partial charge < -0.3 is 11.5 Å². The van der Waals surface area contributed by atoms with Gasteiger partial charge in [0, 0.05) is 11.6 Å². The first-order valence-electron chi connectivity index (χ1n) is 5.75. The van der Waals surface area contributed by atoms with E-state index in [1.165, 1.54) is 51.4 Å². The fourth-order valence-corrected chi connectivity index (χ4v) is 3.16. The Kier molecular flexibility index (Phi) is 2.61. The summed E-state index contributed by atoms with van der Waals surface area (Å²) in [7, 11) is 0. The van der Waals surface area contributed by atoms with Gasteiger partial charge in [0.15, 0.2) is 0 Å². The van der Waals surface area contributed by atoms with Crippen molar-refractivity contribution in [2.45, 2.75) is 62.9 Å². The summed E-state index contributed by atoms with van der Waals surface area (Å²) in [4.78, 5) is 0. The molecule has 2 fully saturated rings. The van der Waals surface area contributed by atoms with Crippen LogP contribution in [-0.4, -0.2) is 11.6 Å². The first kappa shape index (κ1) is 9.47. The van der Waals surface area contributed by atoms with Gasteiger partial charge in [0.1, 0.15) is 0 Å². The molecule has 0 heterocycles. The Hall–Kier alpha value is -0.0800. The molecular weight excluding hydrogens is 160 g/mol. The molecule has 0 aromatic carbocycles. The smallest absolute Gasteiger partial charge is 0.0183 e. The van der Waals surface area contributed by atoms with Crippen molar-refractivity contribution in [1.82, 2.24) is 0 Å². The summed E-state index contributed by atoms with van der Waals surface area (Å²) in [5.74, 6) is 0.725. The maximum atomic E-state index is 6.47. The summed E-state index contributed by atoms with van der Waals surface area (Å²) in [6.45, 7) is 0. The summed E-state index contributed by atoms with van der Waals surface area (Å²) >= 11 is 0. The van der Waals surface area contributed by atoms with Crippen LogP contribution in [0.5, 0.6) is 0 Å². The standard InChI is InChI=1S/C11H22N2/c12-10-5-4-9(8-10)11(13)6-2-1-3-7-11/h9-10H,1-8,12-13H2. The molecule has 2 rings (SSSR count). The van der Waals surface area contributed by atoms with Gasteiger partial charge in [-0.3, -0.25) is 0 Å². The van der Waals surface area contributed by atoms with Crippen LogP contribution >= 0.6 is 0 Å². The van der Waals surface area contributed by atoms with E-state index in [2.05, 4.69) is 0 Å². The zero-order valence-corrected chi connectivity index (χ0v) is 8.47. The monoisotopic (exact) mass is 182 g/mol. The molecule has 0 spiro atoms. The quantitative estimate of drug-likeness (QED) is 0.649. The minimum Gasteiger partial charge on any atom is -0.328 e. The van der Waals surface area contributed by atoms with Crippen LogP contribution in [0.1, 0.15) is 51.4 Å². The van der Waals surface area contributed by atoms with Gasteiger partial charge >= 0.3 is 0 Å². The molecule has 2 aliphatic rings. The molecule has 4 N–H and O–H groups in total. The molecule has 76 valence electrons. The lowest BCUT2D eigenvalue weighted by Gasteiger charge is -2.39. The minimum atomic E-state index is 0.159. The SMILES string of the molecule is NC1CCC(C2(N)CCCCC2)C1. The van der Waals surface area contributed by atoms with Gasteiger partial charge in [0.05, 0.1) is 0 Å². The van der Waals surface area contributed by atoms with E-state index in [1.54, 1.807) is 0 Å². The zero-order chi connectivity index (χ0) is 9.31. The summed E-state index contributed by atoms with van der Waals surface area (Å²) in [6.07, 6.45) is 10.2. The van der Waals surface area contributed by atoms with Gasteiger partial charge in [0.2, 0.25) is 0 Å². The van der Waals surface area contributed by atoms with E-state index in [-0.39, 0.29) is 5.54 Å². The third kappa shape index (κ3) is 1.89. The van der Waals surface area contributed by atoms with Gasteiger partial charge in [-0.2, -0.15) is 0 Å². The Balaban J connectivity index is 1.97. The molecule has 0 amide bonds. The van der Waals surface area contributed by atoms with Crippen LogP contribution in [0.25, 0.3) is 0 Å². The Labute approximate surface area is 81.1 Å². The normalized spacial score (nSPS) is 39.2. The van der Waals surface area contributed by atoms with Gasteiger partial charge in [0.25, 0.3) is 0 Å². The van der Waals surface area contributed by atoms with Crippen molar-refractivity contribution in [2.75, 3.05) is 0 Å². The van der Waals surface area contributed by atoms with Crippen LogP contribution in [0.15, 0.2) is 0 Å². The fraction of sp³-hybridized carbons (Fsp3) is 1.00. The highest BCUT2D eigenvalue weighted by atomic mass is 14.8. The lowest BCUT2D eigenvalue weighted by Crippen LogP contribution is -2.48. The van der Waals surface area contributed by atoms with Crippen LogP contribution in [0.4, 0.5) is 0 Å². The Morgan fingerprint density at radius 1 is 1.00 bits per heavy atom. The van der Waals surface area contributed by atoms with Crippen LogP contribution in [0.2, 0.25) is 0 Å². The highest BCUT2D eigenvalue weighted by molar-refractivity contribution is 4.97. The third-order valence-electron chi connectivity index (χ3n) is 4.07. The molecule has 0 aliphatic heterocycles. The van der Waals surface area contributed by atoms with Crippen molar-refractivity contribution in [1.29, 1.82) is 0 Å². The molecular formula is C11H22N2. The van der Waals surface area contributed by atoms with E-state index in [1.807, 2.05) is 0 Å². The van der Waals surface area contributed by atoms with E-state index in [0.717, 1.165) is 5.92 Å². The van der Waals surface area contributed by atoms with Gasteiger partial charge in [-0.05, 0) is 38.0 Å². The molecule has 0 aromatic heterocycles. The number of nitrogens with two attached hydrogens (primary N) is 2. The third-order valence-corrected chi connectivity index (χ3v) is 4.07. The van der Waals surface area contributed by atoms with Gasteiger partial charge in [-0.1, -0.05) is 19.3 Å². The first-order chi connectivity index (χ1) is 6.21. The molecule has 0 aromatic rings. The summed E-state index contributed by atoms with van der Waals surface area (Å²) in [6, 6.07) is 0.437. The van der Waals surface area contributed by atoms with E-state index >= 15 is 0 Å². The lowest BCUT2D eigenvalue weighted by atomic mass is 9.73. The molecule has 2 heteroatoms. The number of hydrogen-bond donors (Lipinski definition) is 2. The molecule has 2 aliphatic carbocycles. The van der Waals surface area contributed by atoms with Crippen LogP contribution in [-0.2, 0) is 0 Å². The molecule has 0 saturated heterocycles. The minimum absolute atomic E-state index is 0.159. The highest BCUT2D eigenvalue weighted by Crippen LogP contribution is 2.40. The summed E-state index contributed by atoms with van der Waals surface area (Å²) in [5.41, 5.74) is 12.6. The molecule has 2 saturated carbocycles. The molecule has 0 radical (unpaired) electrons. The Bertz CT molecular complexity index is 173. The molecule has 13 heavy (non-hydrogen) atoms. The average Bonchev–Trinajstić information content (AvgIpc) is 2.54. The summed E-state index contributed by atoms with van der Waals surface area (Å²) < 4.78 is 0. The average molecular weight is 182 g/mol. The second kappa shape index (κ2) is 3.58. The molecule has 2 unspecified atom stereocenters. The molecule has 2 nitrogen and oxygen atoms in total. The zero-order valence-electron chi connectivity index (χ0n) is 8.47. The van der Waals surface area contributed by atoms with Crippen LogP contribution in [0.3, 0.4) is 0 Å². The summed E-state index contributed by atoms with van der Waals surface area (Å²) in [5, 5.41) is 0. The predicted octanol–water partition coefficient (Wildman–Crippen LogP) is 1.78. The Morgan fingerprint density at radius 3 is 2.23 bits per heavy atom. The van der Waals surface area contributed by atoms with Crippen LogP contribution < -0.4 is 11.5 Å². The van der Waals surface area contributed by atoms with Crippen LogP contribution in [0, 0.1) is 5.92 Å². The first-order valence-corrected chi connectivity index (χ1v) is 5.75. The van der Waals surface area contributed by atoms with Gasteiger partial charge in [-0.25, -0.2) is 0 Å². The van der Waals surface area contributed by atoms with Gasteiger partial charge in [-0.15, -0.1) is 0 Å². The predicted molar refractivity (Wildman–Crippen MR) is 55.3 cm³/mol. The van der Waals surface area contributed by atoms with Crippen molar-refractivity contribution in [3.63, 3.8) is 0 Å². The maximum Gasteiger partial charge on any atom is 0.0183 e. The Morgan fingerprint density at radius 2 is 1.69 bits per heavy atom. The highest BCUT2D eigenvalue weighted by Gasteiger charge is 2.39. The largest absolute Gasteiger partial charge is 0.328 e. The van der Waals surface area contributed by atoms with Crippen molar-refractivity contribution in [3.05, 3.63) is 0 Å². The molecule has 2 atom stereocenters.